The molecule has 0 saturated heterocycles. The zero-order valence-corrected chi connectivity index (χ0v) is 9.07. The number of halogens is 1. The van der Waals surface area contributed by atoms with Crippen molar-refractivity contribution in [2.45, 2.75) is 6.10 Å². The summed E-state index contributed by atoms with van der Waals surface area (Å²) < 4.78 is 4.92. The number of terminal acetylenes is 1. The largest absolute Gasteiger partial charge is 0.443 e. The normalized spacial score (nSPS) is 10.9. The Hall–Kier alpha value is -1.97. The lowest BCUT2D eigenvalue weighted by Crippen LogP contribution is -2.10. The van der Waals surface area contributed by atoms with E-state index in [1.165, 1.54) is 0 Å². The van der Waals surface area contributed by atoms with Crippen molar-refractivity contribution in [1.82, 2.24) is 0 Å². The van der Waals surface area contributed by atoms with E-state index in [0.717, 1.165) is 0 Å². The molecule has 1 atom stereocenters. The van der Waals surface area contributed by atoms with Gasteiger partial charge in [0, 0.05) is 5.56 Å². The number of hydrogen-bond acceptors (Lipinski definition) is 3. The summed E-state index contributed by atoms with van der Waals surface area (Å²) in [7, 11) is 0. The molecule has 0 N–H and O–H groups in total. The average Bonchev–Trinajstić information content (AvgIpc) is 2.35. The highest BCUT2D eigenvalue weighted by atomic mass is 35.5. The molecule has 0 radical (unpaired) electrons. The number of esters is 1. The molecule has 0 aromatic heterocycles. The number of hydrogen-bond donors (Lipinski definition) is 0. The molecule has 1 rings (SSSR count). The zero-order chi connectivity index (χ0) is 12.0. The molecule has 16 heavy (non-hydrogen) atoms. The van der Waals surface area contributed by atoms with Crippen molar-refractivity contribution in [3.8, 4) is 18.4 Å². The third-order valence-corrected chi connectivity index (χ3v) is 2.07. The number of carbonyl (C=O) groups excluding carboxylic acids is 1. The Labute approximate surface area is 98.6 Å². The predicted molar refractivity (Wildman–Crippen MR) is 59.5 cm³/mol. The molecule has 0 saturated carbocycles. The van der Waals surface area contributed by atoms with Gasteiger partial charge in [-0.15, -0.1) is 18.0 Å². The molecule has 3 nitrogen and oxygen atoms in total. The minimum atomic E-state index is -0.765. The molecule has 0 spiro atoms. The first-order chi connectivity index (χ1) is 7.71. The van der Waals surface area contributed by atoms with Gasteiger partial charge < -0.3 is 4.74 Å². The molecule has 1 aromatic carbocycles. The highest BCUT2D eigenvalue weighted by Crippen LogP contribution is 2.17. The van der Waals surface area contributed by atoms with E-state index < -0.39 is 12.1 Å². The van der Waals surface area contributed by atoms with Crippen molar-refractivity contribution >= 4 is 17.6 Å². The highest BCUT2D eigenvalue weighted by molar-refractivity contribution is 6.26. The summed E-state index contributed by atoms with van der Waals surface area (Å²) in [5.41, 5.74) is 1.16. The maximum Gasteiger partial charge on any atom is 0.322 e. The molecule has 0 heterocycles. The zero-order valence-electron chi connectivity index (χ0n) is 8.31. The Morgan fingerprint density at radius 1 is 1.50 bits per heavy atom. The number of benzene rings is 1. The van der Waals surface area contributed by atoms with Gasteiger partial charge in [-0.3, -0.25) is 4.79 Å². The van der Waals surface area contributed by atoms with Gasteiger partial charge in [0.2, 0.25) is 0 Å². The molecule has 80 valence electrons. The standard InChI is InChI=1S/C12H8ClNO2/c1-2-11(16-12(15)7-13)10-5-3-9(8-14)4-6-10/h1,3-6,11H,7H2/t11-/m0/s1. The van der Waals surface area contributed by atoms with Crippen LogP contribution in [0, 0.1) is 23.7 Å². The van der Waals surface area contributed by atoms with E-state index in [1.807, 2.05) is 6.07 Å². The van der Waals surface area contributed by atoms with Crippen LogP contribution in [0.15, 0.2) is 24.3 Å². The van der Waals surface area contributed by atoms with Crippen LogP contribution in [0.25, 0.3) is 0 Å². The second kappa shape index (κ2) is 5.80. The second-order valence-corrected chi connectivity index (χ2v) is 3.17. The fraction of sp³-hybridized carbons (Fsp3) is 0.167. The molecule has 4 heteroatoms. The molecule has 0 aliphatic carbocycles. The summed E-state index contributed by atoms with van der Waals surface area (Å²) in [6.07, 6.45) is 4.48. The minimum Gasteiger partial charge on any atom is -0.443 e. The van der Waals surface area contributed by atoms with Gasteiger partial charge in [-0.1, -0.05) is 18.1 Å². The summed E-state index contributed by atoms with van der Waals surface area (Å²) >= 11 is 5.30. The van der Waals surface area contributed by atoms with E-state index in [-0.39, 0.29) is 5.88 Å². The van der Waals surface area contributed by atoms with Crippen molar-refractivity contribution in [3.05, 3.63) is 35.4 Å². The number of ether oxygens (including phenoxy) is 1. The number of carbonyl (C=O) groups is 1. The lowest BCUT2D eigenvalue weighted by atomic mass is 10.1. The highest BCUT2D eigenvalue weighted by Gasteiger charge is 2.12. The minimum absolute atomic E-state index is 0.242. The third-order valence-electron chi connectivity index (χ3n) is 1.85. The van der Waals surface area contributed by atoms with Crippen molar-refractivity contribution < 1.29 is 9.53 Å². The number of nitriles is 1. The Balaban J connectivity index is 2.85. The van der Waals surface area contributed by atoms with E-state index in [4.69, 9.17) is 28.0 Å². The van der Waals surface area contributed by atoms with Gasteiger partial charge in [-0.05, 0) is 12.1 Å². The maximum atomic E-state index is 11.0. The summed E-state index contributed by atoms with van der Waals surface area (Å²) in [5, 5.41) is 8.61. The van der Waals surface area contributed by atoms with Crippen molar-refractivity contribution in [2.75, 3.05) is 5.88 Å². The van der Waals surface area contributed by atoms with Crippen LogP contribution in [0.3, 0.4) is 0 Å². The monoisotopic (exact) mass is 233 g/mol. The first-order valence-corrected chi connectivity index (χ1v) is 4.96. The van der Waals surface area contributed by atoms with Crippen LogP contribution in [-0.2, 0) is 9.53 Å². The molecule has 0 amide bonds. The number of nitrogens with zero attached hydrogens (tertiary/aromatic N) is 1. The van der Waals surface area contributed by atoms with Crippen LogP contribution < -0.4 is 0 Å². The quantitative estimate of drug-likeness (QED) is 0.456. The van der Waals surface area contributed by atoms with Gasteiger partial charge in [0.25, 0.3) is 0 Å². The Morgan fingerprint density at radius 2 is 2.12 bits per heavy atom. The Kier molecular flexibility index (Phi) is 4.39. The van der Waals surface area contributed by atoms with E-state index >= 15 is 0 Å². The van der Waals surface area contributed by atoms with Gasteiger partial charge in [0.1, 0.15) is 5.88 Å². The molecule has 0 fully saturated rings. The topological polar surface area (TPSA) is 50.1 Å². The molecule has 0 bridgehead atoms. The number of rotatable bonds is 3. The first kappa shape index (κ1) is 12.1. The Morgan fingerprint density at radius 3 is 2.56 bits per heavy atom. The van der Waals surface area contributed by atoms with Gasteiger partial charge in [0.15, 0.2) is 6.10 Å². The summed E-state index contributed by atoms with van der Waals surface area (Å²) in [6, 6.07) is 8.48. The van der Waals surface area contributed by atoms with E-state index in [9.17, 15) is 4.79 Å². The Bertz CT molecular complexity index is 453. The van der Waals surface area contributed by atoms with Crippen LogP contribution >= 0.6 is 11.6 Å². The van der Waals surface area contributed by atoms with Crippen molar-refractivity contribution in [3.63, 3.8) is 0 Å². The second-order valence-electron chi connectivity index (χ2n) is 2.90. The fourth-order valence-corrected chi connectivity index (χ4v) is 1.16. The lowest BCUT2D eigenvalue weighted by Gasteiger charge is -2.11. The third kappa shape index (κ3) is 3.02. The molecular formula is C12H8ClNO2. The van der Waals surface area contributed by atoms with Crippen LogP contribution in [0.2, 0.25) is 0 Å². The summed E-state index contributed by atoms with van der Waals surface area (Å²) in [6.45, 7) is 0. The van der Waals surface area contributed by atoms with Crippen LogP contribution in [0.4, 0.5) is 0 Å². The molecule has 0 aliphatic rings. The maximum absolute atomic E-state index is 11.0. The number of alkyl halides is 1. The molecule has 1 aromatic rings. The summed E-state index contributed by atoms with van der Waals surface area (Å²) in [4.78, 5) is 11.0. The van der Waals surface area contributed by atoms with E-state index in [1.54, 1.807) is 24.3 Å². The SMILES string of the molecule is C#C[C@H](OC(=O)CCl)c1ccc(C#N)cc1. The van der Waals surface area contributed by atoms with Crippen molar-refractivity contribution in [1.29, 1.82) is 5.26 Å². The molecular weight excluding hydrogens is 226 g/mol. The lowest BCUT2D eigenvalue weighted by molar-refractivity contribution is -0.143. The van der Waals surface area contributed by atoms with Crippen LogP contribution in [0.1, 0.15) is 17.2 Å². The van der Waals surface area contributed by atoms with Gasteiger partial charge in [-0.2, -0.15) is 5.26 Å². The molecule has 0 aliphatic heterocycles. The molecule has 0 unspecified atom stereocenters. The first-order valence-electron chi connectivity index (χ1n) is 4.43. The van der Waals surface area contributed by atoms with Gasteiger partial charge in [-0.25, -0.2) is 0 Å². The van der Waals surface area contributed by atoms with Gasteiger partial charge >= 0.3 is 5.97 Å². The predicted octanol–water partition coefficient (Wildman–Crippen LogP) is 2.01. The smallest absolute Gasteiger partial charge is 0.322 e. The van der Waals surface area contributed by atoms with Crippen LogP contribution in [-0.4, -0.2) is 11.8 Å². The van der Waals surface area contributed by atoms with E-state index in [2.05, 4.69) is 5.92 Å². The fourth-order valence-electron chi connectivity index (χ4n) is 1.09. The van der Waals surface area contributed by atoms with E-state index in [0.29, 0.717) is 11.1 Å². The summed E-state index contributed by atoms with van der Waals surface area (Å²) in [5.74, 6) is 1.52. The van der Waals surface area contributed by atoms with Crippen molar-refractivity contribution in [2.24, 2.45) is 0 Å². The van der Waals surface area contributed by atoms with Crippen LogP contribution in [0.5, 0.6) is 0 Å². The van der Waals surface area contributed by atoms with Gasteiger partial charge in [0.05, 0.1) is 11.6 Å². The average molecular weight is 234 g/mol.